The van der Waals surface area contributed by atoms with Gasteiger partial charge in [-0.2, -0.15) is 0 Å². The maximum absolute atomic E-state index is 6.46. The van der Waals surface area contributed by atoms with Gasteiger partial charge in [0.05, 0.1) is 32.5 Å². The zero-order chi connectivity index (χ0) is 27.4. The van der Waals surface area contributed by atoms with E-state index in [1.165, 1.54) is 21.9 Å². The van der Waals surface area contributed by atoms with E-state index in [-0.39, 0.29) is 6.10 Å². The van der Waals surface area contributed by atoms with Crippen molar-refractivity contribution in [3.8, 4) is 11.5 Å². The smallest absolute Gasteiger partial charge is 0.125 e. The molecule has 5 heteroatoms. The predicted octanol–water partition coefficient (Wildman–Crippen LogP) is 7.05. The zero-order valence-electron chi connectivity index (χ0n) is 23.1. The Labute approximate surface area is 237 Å². The minimum Gasteiger partial charge on any atom is -0.494 e. The lowest BCUT2D eigenvalue weighted by Crippen LogP contribution is -2.40. The van der Waals surface area contributed by atoms with Crippen molar-refractivity contribution in [2.75, 3.05) is 32.9 Å². The largest absolute Gasteiger partial charge is 0.494 e. The Balaban J connectivity index is 1.06. The lowest BCUT2D eigenvalue weighted by Gasteiger charge is -2.32. The number of piperidine rings is 1. The molecule has 5 nitrogen and oxygen atoms in total. The molecule has 0 aliphatic carbocycles. The monoisotopic (exact) mass is 537 g/mol. The molecule has 208 valence electrons. The molecule has 0 radical (unpaired) electrons. The number of nitrogens with one attached hydrogen (secondary N) is 1. The van der Waals surface area contributed by atoms with Gasteiger partial charge in [-0.3, -0.25) is 0 Å². The van der Waals surface area contributed by atoms with E-state index in [0.717, 1.165) is 43.0 Å². The Bertz CT molecular complexity index is 1350. The standard InChI is InChI=1S/C35H39NO4/c1-2-20-39-34-11-6-5-10-31(34)26-37-21-7-22-38-32-16-14-29(15-17-32)33-18-19-36-24-35(33)40-25-27-12-13-28-8-3-4-9-30(28)23-27/h2-6,8-17,23,33,35-36H,1,7,18-22,24-26H2. The van der Waals surface area contributed by atoms with Crippen LogP contribution in [0.15, 0.2) is 104 Å². The van der Waals surface area contributed by atoms with Crippen LogP contribution in [-0.2, 0) is 22.7 Å². The molecule has 1 heterocycles. The molecule has 2 unspecified atom stereocenters. The molecular weight excluding hydrogens is 498 g/mol. The minimum atomic E-state index is 0.136. The first-order valence-corrected chi connectivity index (χ1v) is 14.2. The van der Waals surface area contributed by atoms with Gasteiger partial charge in [0.1, 0.15) is 18.1 Å². The molecule has 40 heavy (non-hydrogen) atoms. The van der Waals surface area contributed by atoms with Crippen molar-refractivity contribution in [2.45, 2.75) is 38.1 Å². The molecule has 0 aromatic heterocycles. The lowest BCUT2D eigenvalue weighted by atomic mass is 9.87. The maximum atomic E-state index is 6.46. The average molecular weight is 538 g/mol. The number of hydrogen-bond donors (Lipinski definition) is 1. The summed E-state index contributed by atoms with van der Waals surface area (Å²) in [6.07, 6.45) is 3.75. The van der Waals surface area contributed by atoms with E-state index in [4.69, 9.17) is 18.9 Å². The van der Waals surface area contributed by atoms with Gasteiger partial charge in [0, 0.05) is 24.4 Å². The molecule has 0 spiro atoms. The summed E-state index contributed by atoms with van der Waals surface area (Å²) in [5.74, 6) is 2.09. The number of ether oxygens (including phenoxy) is 4. The molecule has 4 aromatic carbocycles. The van der Waals surface area contributed by atoms with Gasteiger partial charge < -0.3 is 24.3 Å². The molecule has 1 fully saturated rings. The van der Waals surface area contributed by atoms with Crippen LogP contribution in [0.1, 0.15) is 35.4 Å². The highest BCUT2D eigenvalue weighted by atomic mass is 16.5. The van der Waals surface area contributed by atoms with E-state index >= 15 is 0 Å². The molecule has 0 amide bonds. The highest BCUT2D eigenvalue weighted by Crippen LogP contribution is 2.30. The highest BCUT2D eigenvalue weighted by molar-refractivity contribution is 5.82. The second kappa shape index (κ2) is 14.7. The van der Waals surface area contributed by atoms with Crippen LogP contribution >= 0.6 is 0 Å². The number of rotatable bonds is 14. The van der Waals surface area contributed by atoms with Crippen molar-refractivity contribution in [3.63, 3.8) is 0 Å². The Hall–Kier alpha value is -3.64. The summed E-state index contributed by atoms with van der Waals surface area (Å²) in [6.45, 7) is 8.42. The number of hydrogen-bond acceptors (Lipinski definition) is 5. The Morgan fingerprint density at radius 3 is 2.52 bits per heavy atom. The third-order valence-electron chi connectivity index (χ3n) is 7.30. The first-order chi connectivity index (χ1) is 19.8. The molecular formula is C35H39NO4. The van der Waals surface area contributed by atoms with Crippen LogP contribution in [0.4, 0.5) is 0 Å². The first-order valence-electron chi connectivity index (χ1n) is 14.2. The van der Waals surface area contributed by atoms with Crippen LogP contribution in [-0.4, -0.2) is 39.0 Å². The highest BCUT2D eigenvalue weighted by Gasteiger charge is 2.27. The van der Waals surface area contributed by atoms with Crippen LogP contribution < -0.4 is 14.8 Å². The van der Waals surface area contributed by atoms with E-state index < -0.39 is 0 Å². The summed E-state index contributed by atoms with van der Waals surface area (Å²) in [5.41, 5.74) is 3.55. The van der Waals surface area contributed by atoms with Gasteiger partial charge in [-0.05, 0) is 59.1 Å². The summed E-state index contributed by atoms with van der Waals surface area (Å²) < 4.78 is 24.0. The Kier molecular flexibility index (Phi) is 10.2. The fourth-order valence-corrected chi connectivity index (χ4v) is 5.18. The summed E-state index contributed by atoms with van der Waals surface area (Å²) in [6, 6.07) is 31.5. The fourth-order valence-electron chi connectivity index (χ4n) is 5.18. The normalized spacial score (nSPS) is 17.0. The molecule has 0 saturated carbocycles. The van der Waals surface area contributed by atoms with Gasteiger partial charge in [0.2, 0.25) is 0 Å². The van der Waals surface area contributed by atoms with Crippen LogP contribution in [0.5, 0.6) is 11.5 Å². The number of fused-ring (bicyclic) bond motifs is 1. The van der Waals surface area contributed by atoms with E-state index in [0.29, 0.717) is 39.0 Å². The van der Waals surface area contributed by atoms with Crippen molar-refractivity contribution in [1.82, 2.24) is 5.32 Å². The van der Waals surface area contributed by atoms with E-state index in [2.05, 4.69) is 78.6 Å². The molecule has 0 bridgehead atoms. The van der Waals surface area contributed by atoms with Crippen LogP contribution in [0.3, 0.4) is 0 Å². The molecule has 1 saturated heterocycles. The lowest BCUT2D eigenvalue weighted by molar-refractivity contribution is 0.0106. The second-order valence-corrected chi connectivity index (χ2v) is 10.2. The number of para-hydroxylation sites is 1. The summed E-state index contributed by atoms with van der Waals surface area (Å²) >= 11 is 0. The molecule has 5 rings (SSSR count). The second-order valence-electron chi connectivity index (χ2n) is 10.2. The maximum Gasteiger partial charge on any atom is 0.125 e. The topological polar surface area (TPSA) is 49.0 Å². The van der Waals surface area contributed by atoms with Crippen molar-refractivity contribution in [2.24, 2.45) is 0 Å². The van der Waals surface area contributed by atoms with Crippen molar-refractivity contribution in [3.05, 3.63) is 120 Å². The van der Waals surface area contributed by atoms with Crippen molar-refractivity contribution in [1.29, 1.82) is 0 Å². The first kappa shape index (κ1) is 27.9. The molecule has 2 atom stereocenters. The van der Waals surface area contributed by atoms with E-state index in [9.17, 15) is 0 Å². The van der Waals surface area contributed by atoms with Gasteiger partial charge in [-0.1, -0.05) is 79.4 Å². The third-order valence-corrected chi connectivity index (χ3v) is 7.30. The number of benzene rings is 4. The van der Waals surface area contributed by atoms with Gasteiger partial charge in [-0.15, -0.1) is 0 Å². The van der Waals surface area contributed by atoms with Gasteiger partial charge in [-0.25, -0.2) is 0 Å². The van der Waals surface area contributed by atoms with Crippen LogP contribution in [0.25, 0.3) is 10.8 Å². The SMILES string of the molecule is C=CCOc1ccccc1COCCCOc1ccc(C2CCNCC2OCc2ccc3ccccc3c2)cc1. The van der Waals surface area contributed by atoms with Crippen LogP contribution in [0.2, 0.25) is 0 Å². The molecule has 1 N–H and O–H groups in total. The molecule has 1 aliphatic rings. The summed E-state index contributed by atoms with van der Waals surface area (Å²) in [7, 11) is 0. The average Bonchev–Trinajstić information content (AvgIpc) is 3.01. The van der Waals surface area contributed by atoms with Gasteiger partial charge in [0.15, 0.2) is 0 Å². The fraction of sp³-hybridized carbons (Fsp3) is 0.314. The Morgan fingerprint density at radius 1 is 0.825 bits per heavy atom. The predicted molar refractivity (Wildman–Crippen MR) is 161 cm³/mol. The summed E-state index contributed by atoms with van der Waals surface area (Å²) in [4.78, 5) is 0. The quantitative estimate of drug-likeness (QED) is 0.138. The van der Waals surface area contributed by atoms with E-state index in [1.807, 2.05) is 24.3 Å². The minimum absolute atomic E-state index is 0.136. The molecule has 4 aromatic rings. The van der Waals surface area contributed by atoms with Gasteiger partial charge >= 0.3 is 0 Å². The third kappa shape index (κ3) is 7.72. The van der Waals surface area contributed by atoms with Crippen molar-refractivity contribution < 1.29 is 18.9 Å². The zero-order valence-corrected chi connectivity index (χ0v) is 23.1. The van der Waals surface area contributed by atoms with Gasteiger partial charge in [0.25, 0.3) is 0 Å². The molecule has 1 aliphatic heterocycles. The van der Waals surface area contributed by atoms with E-state index in [1.54, 1.807) is 6.08 Å². The Morgan fingerprint density at radius 2 is 1.65 bits per heavy atom. The van der Waals surface area contributed by atoms with Crippen LogP contribution in [0, 0.1) is 0 Å². The summed E-state index contributed by atoms with van der Waals surface area (Å²) in [5, 5.41) is 6.02. The van der Waals surface area contributed by atoms with Crippen molar-refractivity contribution >= 4 is 10.8 Å².